The van der Waals surface area contributed by atoms with E-state index in [2.05, 4.69) is 15.6 Å². The number of rotatable bonds is 10. The van der Waals surface area contributed by atoms with Crippen molar-refractivity contribution in [3.63, 3.8) is 0 Å². The van der Waals surface area contributed by atoms with E-state index in [0.717, 1.165) is 23.5 Å². The van der Waals surface area contributed by atoms with Crippen molar-refractivity contribution < 1.29 is 9.59 Å². The van der Waals surface area contributed by atoms with E-state index in [1.807, 2.05) is 25.7 Å². The number of anilines is 1. The number of hydrogen-bond donors (Lipinski definition) is 3. The number of carbonyl (C=O) groups excluding carboxylic acids is 2. The van der Waals surface area contributed by atoms with Crippen molar-refractivity contribution in [1.29, 1.82) is 0 Å². The molecule has 0 aliphatic heterocycles. The van der Waals surface area contributed by atoms with Crippen molar-refractivity contribution in [2.45, 2.75) is 45.8 Å². The molecule has 1 unspecified atom stereocenters. The lowest BCUT2D eigenvalue weighted by Gasteiger charge is -2.27. The smallest absolute Gasteiger partial charge is 0.243 e. The molecular weight excluding hydrogens is 445 g/mol. The van der Waals surface area contributed by atoms with Crippen LogP contribution in [0.15, 0.2) is 24.4 Å². The minimum absolute atomic E-state index is 0.207. The average molecular weight is 472 g/mol. The van der Waals surface area contributed by atoms with Crippen molar-refractivity contribution in [1.82, 2.24) is 20.5 Å². The zero-order valence-electron chi connectivity index (χ0n) is 17.2. The van der Waals surface area contributed by atoms with Gasteiger partial charge in [-0.15, -0.1) is 11.3 Å². The molecule has 0 spiro atoms. The Kier molecular flexibility index (Phi) is 9.36. The monoisotopic (exact) mass is 471 g/mol. The molecule has 7 nitrogen and oxygen atoms in total. The largest absolute Gasteiger partial charge is 0.375 e. The normalized spacial score (nSPS) is 13.1. The molecule has 0 saturated carbocycles. The summed E-state index contributed by atoms with van der Waals surface area (Å²) in [5.74, 6) is -0.505. The summed E-state index contributed by atoms with van der Waals surface area (Å²) in [6, 6.07) is 4.05. The van der Waals surface area contributed by atoms with Gasteiger partial charge in [-0.1, -0.05) is 43.1 Å². The fourth-order valence-electron chi connectivity index (χ4n) is 3.04. The molecule has 2 amide bonds. The molecule has 0 radical (unpaired) electrons. The van der Waals surface area contributed by atoms with Crippen LogP contribution in [0.3, 0.4) is 0 Å². The van der Waals surface area contributed by atoms with Crippen molar-refractivity contribution in [2.75, 3.05) is 18.8 Å². The van der Waals surface area contributed by atoms with Gasteiger partial charge in [0.25, 0.3) is 0 Å². The first-order chi connectivity index (χ1) is 14.2. The summed E-state index contributed by atoms with van der Waals surface area (Å²) in [7, 11) is 0. The SMILES string of the molecule is CCN(CC)C(C)C(=O)N[C@@H](Cc1ccc(Cl)c(Cl)c1)C(=O)NCc1cnc(N)s1. The van der Waals surface area contributed by atoms with Gasteiger partial charge in [-0.05, 0) is 37.7 Å². The van der Waals surface area contributed by atoms with E-state index < -0.39 is 6.04 Å². The minimum Gasteiger partial charge on any atom is -0.375 e. The van der Waals surface area contributed by atoms with E-state index in [4.69, 9.17) is 28.9 Å². The highest BCUT2D eigenvalue weighted by Crippen LogP contribution is 2.23. The number of nitrogens with zero attached hydrogens (tertiary/aromatic N) is 2. The number of thiazole rings is 1. The van der Waals surface area contributed by atoms with E-state index in [9.17, 15) is 9.59 Å². The first-order valence-corrected chi connectivity index (χ1v) is 11.3. The lowest BCUT2D eigenvalue weighted by atomic mass is 10.0. The molecule has 1 heterocycles. The number of aromatic nitrogens is 1. The van der Waals surface area contributed by atoms with Crippen molar-refractivity contribution >= 4 is 51.5 Å². The lowest BCUT2D eigenvalue weighted by Crippen LogP contribution is -2.53. The Morgan fingerprint density at radius 3 is 2.47 bits per heavy atom. The Bertz CT molecular complexity index is 873. The summed E-state index contributed by atoms with van der Waals surface area (Å²) in [6.45, 7) is 7.58. The average Bonchev–Trinajstić information content (AvgIpc) is 3.14. The van der Waals surface area contributed by atoms with Gasteiger partial charge in [0.15, 0.2) is 5.13 Å². The standard InChI is InChI=1S/C20H27Cl2N5O2S/c1-4-27(5-2)12(3)18(28)26-17(9-13-6-7-15(21)16(22)8-13)19(29)24-10-14-11-25-20(23)30-14/h6-8,11-12,17H,4-5,9-10H2,1-3H3,(H2,23,25)(H,24,29)(H,26,28)/t12?,17-/m0/s1. The summed E-state index contributed by atoms with van der Waals surface area (Å²) >= 11 is 13.4. The molecule has 0 bridgehead atoms. The summed E-state index contributed by atoms with van der Waals surface area (Å²) in [4.78, 5) is 32.5. The molecule has 0 saturated heterocycles. The molecular formula is C20H27Cl2N5O2S. The number of carbonyl (C=O) groups is 2. The molecule has 2 rings (SSSR count). The number of halogens is 2. The zero-order valence-corrected chi connectivity index (χ0v) is 19.6. The molecule has 0 fully saturated rings. The summed E-state index contributed by atoms with van der Waals surface area (Å²) in [5.41, 5.74) is 6.43. The molecule has 0 aliphatic rings. The van der Waals surface area contributed by atoms with Crippen molar-refractivity contribution in [3.05, 3.63) is 44.9 Å². The third-order valence-electron chi connectivity index (χ3n) is 4.80. The number of amides is 2. The minimum atomic E-state index is -0.766. The fourth-order valence-corrected chi connectivity index (χ4v) is 3.99. The van der Waals surface area contributed by atoms with Gasteiger partial charge in [0.05, 0.1) is 22.6 Å². The Hall–Kier alpha value is -1.87. The highest BCUT2D eigenvalue weighted by atomic mass is 35.5. The summed E-state index contributed by atoms with van der Waals surface area (Å²) < 4.78 is 0. The molecule has 164 valence electrons. The molecule has 1 aromatic heterocycles. The fraction of sp³-hybridized carbons (Fsp3) is 0.450. The third-order valence-corrected chi connectivity index (χ3v) is 6.37. The van der Waals surface area contributed by atoms with Gasteiger partial charge >= 0.3 is 0 Å². The topological polar surface area (TPSA) is 100 Å². The van der Waals surface area contributed by atoms with Crippen molar-refractivity contribution in [2.24, 2.45) is 0 Å². The Labute approximate surface area is 190 Å². The van der Waals surface area contributed by atoms with Crippen LogP contribution in [0.2, 0.25) is 10.0 Å². The molecule has 0 aliphatic carbocycles. The maximum Gasteiger partial charge on any atom is 0.243 e. The highest BCUT2D eigenvalue weighted by molar-refractivity contribution is 7.15. The maximum atomic E-state index is 12.9. The van der Waals surface area contributed by atoms with Crippen LogP contribution in [0.1, 0.15) is 31.2 Å². The highest BCUT2D eigenvalue weighted by Gasteiger charge is 2.26. The van der Waals surface area contributed by atoms with Gasteiger partial charge in [0.2, 0.25) is 11.8 Å². The molecule has 30 heavy (non-hydrogen) atoms. The number of benzene rings is 1. The summed E-state index contributed by atoms with van der Waals surface area (Å²) in [6.07, 6.45) is 1.90. The van der Waals surface area contributed by atoms with Crippen LogP contribution >= 0.6 is 34.5 Å². The van der Waals surface area contributed by atoms with E-state index in [0.29, 0.717) is 15.2 Å². The quantitative estimate of drug-likeness (QED) is 0.494. The van der Waals surface area contributed by atoms with Crippen LogP contribution in [-0.2, 0) is 22.6 Å². The number of hydrogen-bond acceptors (Lipinski definition) is 6. The van der Waals surface area contributed by atoms with Crippen LogP contribution in [0.5, 0.6) is 0 Å². The van der Waals surface area contributed by atoms with Gasteiger partial charge in [0.1, 0.15) is 6.04 Å². The molecule has 10 heteroatoms. The Balaban J connectivity index is 2.14. The first kappa shape index (κ1) is 24.4. The van der Waals surface area contributed by atoms with Gasteiger partial charge in [-0.2, -0.15) is 0 Å². The van der Waals surface area contributed by atoms with E-state index >= 15 is 0 Å². The Morgan fingerprint density at radius 1 is 1.20 bits per heavy atom. The van der Waals surface area contributed by atoms with Gasteiger partial charge in [-0.25, -0.2) is 4.98 Å². The second kappa shape index (κ2) is 11.5. The van der Waals surface area contributed by atoms with E-state index in [1.54, 1.807) is 24.4 Å². The number of nitrogens with two attached hydrogens (primary N) is 1. The van der Waals surface area contributed by atoms with E-state index in [1.165, 1.54) is 11.3 Å². The molecule has 2 aromatic rings. The van der Waals surface area contributed by atoms with Crippen LogP contribution < -0.4 is 16.4 Å². The zero-order chi connectivity index (χ0) is 22.3. The molecule has 1 aromatic carbocycles. The van der Waals surface area contributed by atoms with Crippen molar-refractivity contribution in [3.8, 4) is 0 Å². The molecule has 4 N–H and O–H groups in total. The third kappa shape index (κ3) is 6.84. The summed E-state index contributed by atoms with van der Waals surface area (Å²) in [5, 5.41) is 7.00. The molecule has 2 atom stereocenters. The maximum absolute atomic E-state index is 12.9. The van der Waals surface area contributed by atoms with Crippen LogP contribution in [0, 0.1) is 0 Å². The van der Waals surface area contributed by atoms with Gasteiger partial charge in [-0.3, -0.25) is 14.5 Å². The van der Waals surface area contributed by atoms with Crippen LogP contribution in [-0.4, -0.2) is 46.9 Å². The number of nitrogens with one attached hydrogen (secondary N) is 2. The predicted octanol–water partition coefficient (Wildman–Crippen LogP) is 3.11. The van der Waals surface area contributed by atoms with Crippen LogP contribution in [0.4, 0.5) is 5.13 Å². The second-order valence-electron chi connectivity index (χ2n) is 6.79. The van der Waals surface area contributed by atoms with E-state index in [-0.39, 0.29) is 30.8 Å². The van der Waals surface area contributed by atoms with Crippen LogP contribution in [0.25, 0.3) is 0 Å². The van der Waals surface area contributed by atoms with Gasteiger partial charge < -0.3 is 16.4 Å². The Morgan fingerprint density at radius 2 is 1.90 bits per heavy atom. The number of likely N-dealkylation sites (N-methyl/N-ethyl adjacent to an activating group) is 1. The number of nitrogen functional groups attached to an aromatic ring is 1. The lowest BCUT2D eigenvalue weighted by molar-refractivity contribution is -0.131. The first-order valence-electron chi connectivity index (χ1n) is 9.71. The van der Waals surface area contributed by atoms with Gasteiger partial charge in [0, 0.05) is 17.5 Å². The predicted molar refractivity (Wildman–Crippen MR) is 123 cm³/mol. The second-order valence-corrected chi connectivity index (χ2v) is 8.75.